The van der Waals surface area contributed by atoms with Crippen LogP contribution in [0.2, 0.25) is 0 Å². The molecule has 0 amide bonds. The van der Waals surface area contributed by atoms with E-state index in [1.165, 1.54) is 0 Å². The predicted octanol–water partition coefficient (Wildman–Crippen LogP) is -6.03. The molecule has 0 fully saturated rings. The minimum absolute atomic E-state index is 0. The largest absolute Gasteiger partial charge is 3.00 e. The smallest absolute Gasteiger partial charge is 0.822 e. The van der Waals surface area contributed by atoms with Crippen LogP contribution >= 0.6 is 15.6 Å². The summed E-state index contributed by atoms with van der Waals surface area (Å²) in [6, 6.07) is 0. The van der Waals surface area contributed by atoms with Crippen molar-refractivity contribution in [1.29, 1.82) is 0 Å². The molecule has 0 bridgehead atoms. The molecular weight excluding hydrogens is 488 g/mol. The van der Waals surface area contributed by atoms with E-state index >= 15 is 0 Å². The normalized spacial score (nSPS) is 9.83. The maximum Gasteiger partial charge on any atom is 3.00 e. The summed E-state index contributed by atoms with van der Waals surface area (Å²) in [5.74, 6) is 0. The van der Waals surface area contributed by atoms with Crippen LogP contribution in [0.5, 0.6) is 0 Å². The van der Waals surface area contributed by atoms with Crippen molar-refractivity contribution in [3.63, 3.8) is 0 Å². The maximum atomic E-state index is 8.55. The first-order chi connectivity index (χ1) is 4.00. The third kappa shape index (κ3) is 315. The molecule has 0 rings (SSSR count). The van der Waals surface area contributed by atoms with Crippen molar-refractivity contribution in [3.05, 3.63) is 0 Å². The Bertz CT molecular complexity index is 129. The van der Waals surface area contributed by atoms with Crippen LogP contribution in [-0.4, -0.2) is 26.2 Å². The topological polar surface area (TPSA) is 172 Å². The number of phosphoric acid groups is 2. The van der Waals surface area contributed by atoms with Crippen LogP contribution in [0.25, 0.3) is 0 Å². The quantitative estimate of drug-likeness (QED) is 0.240. The SMILES string of the molecule is O=P([O-])([O-])[O-].O=P([O-])([O-])[O-].[Bi+3].[Y+3]. The fourth-order valence-electron chi connectivity index (χ4n) is 0. The molecule has 0 aromatic heterocycles. The summed E-state index contributed by atoms with van der Waals surface area (Å²) in [7, 11) is -10.8. The van der Waals surface area contributed by atoms with E-state index in [1.54, 1.807) is 0 Å². The zero-order valence-electron chi connectivity index (χ0n) is 5.18. The van der Waals surface area contributed by atoms with Crippen LogP contribution in [0.3, 0.4) is 0 Å². The average molecular weight is 488 g/mol. The van der Waals surface area contributed by atoms with Crippen LogP contribution in [0, 0.1) is 0 Å². The Morgan fingerprint density at radius 3 is 0.667 bits per heavy atom. The molecule has 8 nitrogen and oxygen atoms in total. The molecule has 0 saturated heterocycles. The van der Waals surface area contributed by atoms with Gasteiger partial charge in [-0.2, -0.15) is 15.6 Å². The van der Waals surface area contributed by atoms with Crippen LogP contribution < -0.4 is 29.4 Å². The predicted molar refractivity (Wildman–Crippen MR) is 21.0 cm³/mol. The van der Waals surface area contributed by atoms with Crippen LogP contribution in [0.1, 0.15) is 0 Å². The van der Waals surface area contributed by atoms with E-state index in [-0.39, 0.29) is 58.9 Å². The van der Waals surface area contributed by atoms with Crippen molar-refractivity contribution in [1.82, 2.24) is 0 Å². The molecule has 2 radical (unpaired) electrons. The molecule has 12 heteroatoms. The first-order valence-electron chi connectivity index (χ1n) is 1.46. The Kier molecular flexibility index (Phi) is 19.3. The molecule has 0 saturated carbocycles. The molecule has 0 spiro atoms. The van der Waals surface area contributed by atoms with Gasteiger partial charge in [-0.25, -0.2) is 0 Å². The van der Waals surface area contributed by atoms with Crippen molar-refractivity contribution >= 4 is 41.8 Å². The van der Waals surface area contributed by atoms with E-state index < -0.39 is 15.6 Å². The molecular formula is BiO8P2Y. The zero-order chi connectivity index (χ0) is 9.00. The molecule has 0 aliphatic heterocycles. The Labute approximate surface area is 112 Å². The molecule has 0 aromatic carbocycles. The summed E-state index contributed by atoms with van der Waals surface area (Å²) in [4.78, 5) is 51.3. The first kappa shape index (κ1) is 23.8. The van der Waals surface area contributed by atoms with Crippen molar-refractivity contribution in [2.75, 3.05) is 0 Å². The third-order valence-electron chi connectivity index (χ3n) is 0. The number of hydrogen-bond donors (Lipinski definition) is 0. The van der Waals surface area contributed by atoms with Crippen LogP contribution in [0.15, 0.2) is 0 Å². The Balaban J connectivity index is -0.0000000457. The van der Waals surface area contributed by atoms with Crippen molar-refractivity contribution < 1.29 is 71.2 Å². The van der Waals surface area contributed by atoms with Gasteiger partial charge in [0.05, 0.1) is 0 Å². The van der Waals surface area contributed by atoms with Gasteiger partial charge in [-0.15, -0.1) is 0 Å². The summed E-state index contributed by atoms with van der Waals surface area (Å²) in [5, 5.41) is 0. The Hall–Kier alpha value is 2.21. The zero-order valence-corrected chi connectivity index (χ0v) is 13.3. The Morgan fingerprint density at radius 2 is 0.667 bits per heavy atom. The minimum atomic E-state index is -5.39. The monoisotopic (exact) mass is 488 g/mol. The average Bonchev–Trinajstić information content (AvgIpc) is 1.12. The first-order valence-corrected chi connectivity index (χ1v) is 4.38. The summed E-state index contributed by atoms with van der Waals surface area (Å²) in [6.07, 6.45) is 0. The number of hydrogen-bond acceptors (Lipinski definition) is 8. The second kappa shape index (κ2) is 9.75. The summed E-state index contributed by atoms with van der Waals surface area (Å²) in [6.45, 7) is 0. The molecule has 0 heterocycles. The fraction of sp³-hybridized carbons (Fsp3) is 0. The van der Waals surface area contributed by atoms with Crippen molar-refractivity contribution in [2.24, 2.45) is 0 Å². The molecule has 66 valence electrons. The molecule has 0 atom stereocenters. The van der Waals surface area contributed by atoms with Gasteiger partial charge < -0.3 is 38.5 Å². The molecule has 12 heavy (non-hydrogen) atoms. The van der Waals surface area contributed by atoms with Gasteiger partial charge in [0.25, 0.3) is 0 Å². The van der Waals surface area contributed by atoms with Crippen LogP contribution in [-0.2, 0) is 41.8 Å². The van der Waals surface area contributed by atoms with E-state index in [4.69, 9.17) is 38.5 Å². The fourth-order valence-corrected chi connectivity index (χ4v) is 0. The van der Waals surface area contributed by atoms with E-state index in [0.717, 1.165) is 0 Å². The van der Waals surface area contributed by atoms with Gasteiger partial charge in [0.15, 0.2) is 0 Å². The summed E-state index contributed by atoms with van der Waals surface area (Å²) < 4.78 is 17.1. The van der Waals surface area contributed by atoms with Crippen molar-refractivity contribution in [2.45, 2.75) is 0 Å². The summed E-state index contributed by atoms with van der Waals surface area (Å²) in [5.41, 5.74) is 0. The van der Waals surface area contributed by atoms with Gasteiger partial charge in [-0.05, 0) is 0 Å². The van der Waals surface area contributed by atoms with Gasteiger partial charge in [-0.3, -0.25) is 0 Å². The van der Waals surface area contributed by atoms with Gasteiger partial charge >= 0.3 is 58.9 Å². The van der Waals surface area contributed by atoms with E-state index in [0.29, 0.717) is 0 Å². The summed E-state index contributed by atoms with van der Waals surface area (Å²) >= 11 is 0. The van der Waals surface area contributed by atoms with Crippen molar-refractivity contribution in [3.8, 4) is 0 Å². The van der Waals surface area contributed by atoms with Gasteiger partial charge in [0.2, 0.25) is 0 Å². The maximum absolute atomic E-state index is 8.55. The molecule has 0 N–H and O–H groups in total. The van der Waals surface area contributed by atoms with E-state index in [9.17, 15) is 0 Å². The molecule has 0 aliphatic rings. The van der Waals surface area contributed by atoms with Crippen LogP contribution in [0.4, 0.5) is 0 Å². The van der Waals surface area contributed by atoms with Gasteiger partial charge in [-0.1, -0.05) is 0 Å². The standard InChI is InChI=1S/Bi.2H3O4P.Y/c;2*1-5(2,3)4;/h;2*(H3,1,2,3,4);/q+3;;;+3/p-6. The molecule has 0 aromatic rings. The second-order valence-corrected chi connectivity index (χ2v) is 2.68. The third-order valence-corrected chi connectivity index (χ3v) is 0. The molecule has 0 unspecified atom stereocenters. The number of rotatable bonds is 0. The Morgan fingerprint density at radius 1 is 0.667 bits per heavy atom. The minimum Gasteiger partial charge on any atom is -0.822 e. The van der Waals surface area contributed by atoms with Gasteiger partial charge in [0.1, 0.15) is 0 Å². The molecule has 0 aliphatic carbocycles. The van der Waals surface area contributed by atoms with E-state index in [1.807, 2.05) is 0 Å². The van der Waals surface area contributed by atoms with Gasteiger partial charge in [0, 0.05) is 0 Å². The second-order valence-electron chi connectivity index (χ2n) is 0.894. The van der Waals surface area contributed by atoms with E-state index in [2.05, 4.69) is 0 Å².